The molecule has 0 aromatic rings. The molecule has 3 N–H and O–H groups in total. The highest BCUT2D eigenvalue weighted by Crippen LogP contribution is 2.46. The molecule has 8 heteroatoms. The van der Waals surface area contributed by atoms with E-state index in [1.165, 1.54) is 31.3 Å². The normalized spacial score (nSPS) is 13.7. The summed E-state index contributed by atoms with van der Waals surface area (Å²) in [5, 5.41) is 0. The number of hydrogen-bond acceptors (Lipinski definition) is 3. The molecule has 1 atom stereocenters. The Kier molecular flexibility index (Phi) is 12.1. The van der Waals surface area contributed by atoms with Gasteiger partial charge in [0, 0.05) is 0 Å². The zero-order valence-electron chi connectivity index (χ0n) is 14.9. The third kappa shape index (κ3) is 13.1. The maximum absolute atomic E-state index is 11.1. The first-order valence-electron chi connectivity index (χ1n) is 8.70. The van der Waals surface area contributed by atoms with E-state index in [0.717, 1.165) is 25.7 Å². The summed E-state index contributed by atoms with van der Waals surface area (Å²) >= 11 is 0. The topological polar surface area (TPSA) is 112 Å². The maximum Gasteiger partial charge on any atom is 0.346 e. The van der Waals surface area contributed by atoms with Gasteiger partial charge < -0.3 is 9.79 Å². The fraction of sp³-hybridized carbons (Fsp3) is 0.875. The van der Waals surface area contributed by atoms with Crippen LogP contribution in [-0.4, -0.2) is 27.7 Å². The summed E-state index contributed by atoms with van der Waals surface area (Å²) in [6.07, 6.45) is 12.3. The molecule has 1 unspecified atom stereocenters. The molecule has 0 radical (unpaired) electrons. The van der Waals surface area contributed by atoms with Gasteiger partial charge in [0.2, 0.25) is 0 Å². The molecule has 0 bridgehead atoms. The van der Waals surface area contributed by atoms with Crippen molar-refractivity contribution < 1.29 is 27.3 Å². The fourth-order valence-electron chi connectivity index (χ4n) is 2.58. The zero-order chi connectivity index (χ0) is 18.6. The molecule has 0 aliphatic heterocycles. The Bertz CT molecular complexity index is 505. The molecule has 0 aliphatic rings. The Hall–Kier alpha value is -0.200. The van der Waals surface area contributed by atoms with Crippen LogP contribution < -0.4 is 0 Å². The summed E-state index contributed by atoms with van der Waals surface area (Å²) in [6, 6.07) is 0. The quantitative estimate of drug-likeness (QED) is 0.174. The predicted molar refractivity (Wildman–Crippen MR) is 97.6 cm³/mol. The van der Waals surface area contributed by atoms with E-state index in [4.69, 9.17) is 14.3 Å². The van der Waals surface area contributed by atoms with Crippen LogP contribution in [0.4, 0.5) is 0 Å². The zero-order valence-corrected chi connectivity index (χ0v) is 16.6. The summed E-state index contributed by atoms with van der Waals surface area (Å²) < 4.78 is 41.9. The number of allylic oxidation sites excluding steroid dienone is 2. The van der Waals surface area contributed by atoms with E-state index in [0.29, 0.717) is 12.8 Å². The molecule has 0 aromatic carbocycles. The van der Waals surface area contributed by atoms with Gasteiger partial charge >= 0.3 is 7.60 Å². The molecular formula is C16H33O6PS. The van der Waals surface area contributed by atoms with Gasteiger partial charge in [-0.15, -0.1) is 0 Å². The van der Waals surface area contributed by atoms with Crippen LogP contribution in [0.25, 0.3) is 0 Å². The predicted octanol–water partition coefficient (Wildman–Crippen LogP) is 4.64. The third-order valence-electron chi connectivity index (χ3n) is 3.93. The molecule has 0 amide bonds. The van der Waals surface area contributed by atoms with E-state index in [1.54, 1.807) is 0 Å². The first kappa shape index (κ1) is 23.8. The van der Waals surface area contributed by atoms with Crippen molar-refractivity contribution in [1.82, 2.24) is 0 Å². The number of rotatable bonds is 14. The molecule has 0 saturated heterocycles. The fourth-order valence-corrected chi connectivity index (χ4v) is 4.95. The first-order valence-corrected chi connectivity index (χ1v) is 11.9. The van der Waals surface area contributed by atoms with Gasteiger partial charge in [-0.2, -0.15) is 8.42 Å². The smallest absolute Gasteiger partial charge is 0.323 e. The standard InChI is InChI=1S/C16H33O6PS/c1-15(2)13-11-9-7-5-3-4-6-8-10-12-14-16(23(17,18)19)24(20,21)22/h13,16H,3-12,14H2,1-2H3,(H2,17,18,19)(H,20,21,22). The summed E-state index contributed by atoms with van der Waals surface area (Å²) in [5.41, 5.74) is 1.37. The summed E-state index contributed by atoms with van der Waals surface area (Å²) in [4.78, 5) is 16.0. The van der Waals surface area contributed by atoms with Gasteiger partial charge in [-0.1, -0.05) is 63.0 Å². The van der Waals surface area contributed by atoms with E-state index < -0.39 is 22.7 Å². The van der Waals surface area contributed by atoms with E-state index in [1.807, 2.05) is 0 Å². The number of hydrogen-bond donors (Lipinski definition) is 3. The minimum absolute atomic E-state index is 0.201. The van der Waals surface area contributed by atoms with Gasteiger partial charge in [-0.25, -0.2) is 0 Å². The van der Waals surface area contributed by atoms with Crippen molar-refractivity contribution >= 4 is 17.7 Å². The number of unbranched alkanes of at least 4 members (excludes halogenated alkanes) is 9. The largest absolute Gasteiger partial charge is 0.346 e. The molecular weight excluding hydrogens is 351 g/mol. The Labute approximate surface area is 146 Å². The summed E-state index contributed by atoms with van der Waals surface area (Å²) in [7, 11) is -9.53. The highest BCUT2D eigenvalue weighted by atomic mass is 32.2. The lowest BCUT2D eigenvalue weighted by Crippen LogP contribution is -2.20. The van der Waals surface area contributed by atoms with Gasteiger partial charge in [0.25, 0.3) is 10.1 Å². The van der Waals surface area contributed by atoms with Crippen molar-refractivity contribution in [2.75, 3.05) is 0 Å². The van der Waals surface area contributed by atoms with E-state index in [2.05, 4.69) is 19.9 Å². The first-order chi connectivity index (χ1) is 11.0. The molecule has 0 saturated carbocycles. The minimum atomic E-state index is -4.83. The maximum atomic E-state index is 11.1. The van der Waals surface area contributed by atoms with Crippen LogP contribution >= 0.6 is 7.60 Å². The molecule has 0 fully saturated rings. The highest BCUT2D eigenvalue weighted by molar-refractivity contribution is 7.93. The van der Waals surface area contributed by atoms with E-state index >= 15 is 0 Å². The Balaban J connectivity index is 3.64. The van der Waals surface area contributed by atoms with Crippen molar-refractivity contribution in [3.63, 3.8) is 0 Å². The third-order valence-corrected chi connectivity index (χ3v) is 7.48. The van der Waals surface area contributed by atoms with Crippen molar-refractivity contribution in [3.05, 3.63) is 11.6 Å². The van der Waals surface area contributed by atoms with Crippen molar-refractivity contribution in [2.24, 2.45) is 0 Å². The van der Waals surface area contributed by atoms with Crippen LogP contribution in [0, 0.1) is 0 Å². The van der Waals surface area contributed by atoms with Gasteiger partial charge in [-0.3, -0.25) is 9.12 Å². The average Bonchev–Trinajstić information content (AvgIpc) is 2.40. The van der Waals surface area contributed by atoms with Gasteiger partial charge in [0.1, 0.15) is 0 Å². The second kappa shape index (κ2) is 12.2. The van der Waals surface area contributed by atoms with Crippen LogP contribution in [0.1, 0.15) is 84.5 Å². The monoisotopic (exact) mass is 384 g/mol. The Morgan fingerprint density at radius 3 is 1.71 bits per heavy atom. The van der Waals surface area contributed by atoms with Gasteiger partial charge in [0.15, 0.2) is 4.99 Å². The van der Waals surface area contributed by atoms with E-state index in [-0.39, 0.29) is 6.42 Å². The van der Waals surface area contributed by atoms with Crippen LogP contribution in [0.2, 0.25) is 0 Å². The molecule has 0 rings (SSSR count). The molecule has 24 heavy (non-hydrogen) atoms. The molecule has 0 spiro atoms. The van der Waals surface area contributed by atoms with Crippen molar-refractivity contribution in [3.8, 4) is 0 Å². The van der Waals surface area contributed by atoms with Crippen LogP contribution in [0.3, 0.4) is 0 Å². The lowest BCUT2D eigenvalue weighted by atomic mass is 10.1. The molecule has 0 heterocycles. The van der Waals surface area contributed by atoms with Gasteiger partial charge in [0.05, 0.1) is 0 Å². The summed E-state index contributed by atoms with van der Waals surface area (Å²) in [5.74, 6) is 0. The minimum Gasteiger partial charge on any atom is -0.323 e. The second-order valence-corrected chi connectivity index (χ2v) is 10.3. The Morgan fingerprint density at radius 2 is 1.33 bits per heavy atom. The van der Waals surface area contributed by atoms with Crippen molar-refractivity contribution in [2.45, 2.75) is 89.5 Å². The van der Waals surface area contributed by atoms with Crippen molar-refractivity contribution in [1.29, 1.82) is 0 Å². The molecule has 0 aliphatic carbocycles. The molecule has 0 aromatic heterocycles. The molecule has 144 valence electrons. The average molecular weight is 384 g/mol. The molecule has 6 nitrogen and oxygen atoms in total. The van der Waals surface area contributed by atoms with Crippen LogP contribution in [0.5, 0.6) is 0 Å². The highest BCUT2D eigenvalue weighted by Gasteiger charge is 2.38. The van der Waals surface area contributed by atoms with Gasteiger partial charge in [-0.05, 0) is 33.1 Å². The second-order valence-electron chi connectivity index (χ2n) is 6.60. The summed E-state index contributed by atoms with van der Waals surface area (Å²) in [6.45, 7) is 4.22. The van der Waals surface area contributed by atoms with Crippen LogP contribution in [0.15, 0.2) is 11.6 Å². The van der Waals surface area contributed by atoms with Crippen LogP contribution in [-0.2, 0) is 14.7 Å². The van der Waals surface area contributed by atoms with E-state index in [9.17, 15) is 13.0 Å². The lowest BCUT2D eigenvalue weighted by Gasteiger charge is -2.14. The lowest BCUT2D eigenvalue weighted by molar-refractivity contribution is 0.359. The Morgan fingerprint density at radius 1 is 0.917 bits per heavy atom. The SMILES string of the molecule is CC(C)=CCCCCCCCCCCCC(P(=O)(O)O)S(=O)(=O)O.